The highest BCUT2D eigenvalue weighted by Crippen LogP contribution is 2.47. The van der Waals surface area contributed by atoms with Gasteiger partial charge in [-0.25, -0.2) is 4.79 Å². The van der Waals surface area contributed by atoms with Gasteiger partial charge in [-0.2, -0.15) is 0 Å². The lowest BCUT2D eigenvalue weighted by Gasteiger charge is -2.29. The van der Waals surface area contributed by atoms with Gasteiger partial charge >= 0.3 is 5.97 Å². The highest BCUT2D eigenvalue weighted by atomic mass is 31.2. The first-order valence-corrected chi connectivity index (χ1v) is 9.93. The Kier molecular flexibility index (Phi) is 4.13. The van der Waals surface area contributed by atoms with E-state index in [1.165, 1.54) is 6.26 Å². The van der Waals surface area contributed by atoms with E-state index in [0.29, 0.717) is 0 Å². The van der Waals surface area contributed by atoms with Crippen LogP contribution in [-0.2, 0) is 9.53 Å². The molecule has 0 fully saturated rings. The normalized spacial score (nSPS) is 13.8. The van der Waals surface area contributed by atoms with Crippen LogP contribution in [0.25, 0.3) is 0 Å². The molecule has 0 saturated carbocycles. The maximum Gasteiger partial charge on any atom is 0.344 e. The van der Waals surface area contributed by atoms with E-state index >= 15 is 0 Å². The van der Waals surface area contributed by atoms with Crippen molar-refractivity contribution < 1.29 is 9.53 Å². The van der Waals surface area contributed by atoms with Gasteiger partial charge in [0.15, 0.2) is 0 Å². The zero-order chi connectivity index (χ0) is 17.1. The minimum atomic E-state index is -2.30. The van der Waals surface area contributed by atoms with E-state index in [2.05, 4.69) is 36.4 Å². The number of esters is 1. The summed E-state index contributed by atoms with van der Waals surface area (Å²) >= 11 is 0. The maximum atomic E-state index is 12.6. The van der Waals surface area contributed by atoms with Crippen LogP contribution in [0.1, 0.15) is 0 Å². The second-order valence-electron chi connectivity index (χ2n) is 5.77. The third-order valence-electron chi connectivity index (χ3n) is 4.40. The van der Waals surface area contributed by atoms with Crippen LogP contribution < -0.4 is 15.9 Å². The van der Waals surface area contributed by atoms with Crippen LogP contribution in [0, 0.1) is 0 Å². The van der Waals surface area contributed by atoms with Crippen LogP contribution in [0.5, 0.6) is 0 Å². The molecule has 0 spiro atoms. The third kappa shape index (κ3) is 2.56. The molecule has 0 saturated heterocycles. The van der Waals surface area contributed by atoms with Gasteiger partial charge in [0.05, 0.1) is 11.6 Å². The molecule has 3 aromatic rings. The van der Waals surface area contributed by atoms with Crippen molar-refractivity contribution in [2.75, 3.05) is 0 Å². The van der Waals surface area contributed by atoms with Crippen LogP contribution in [0.2, 0.25) is 0 Å². The van der Waals surface area contributed by atoms with Gasteiger partial charge in [0.25, 0.3) is 0 Å². The number of carbonyl (C=O) groups is 1. The summed E-state index contributed by atoms with van der Waals surface area (Å²) in [6.45, 7) is -2.30. The zero-order valence-electron chi connectivity index (χ0n) is 13.6. The van der Waals surface area contributed by atoms with Crippen molar-refractivity contribution in [3.63, 3.8) is 0 Å². The Hall–Kier alpha value is -2.83. The van der Waals surface area contributed by atoms with Crippen molar-refractivity contribution in [1.29, 1.82) is 0 Å². The Morgan fingerprint density at radius 2 is 1.00 bits per heavy atom. The van der Waals surface area contributed by atoms with Crippen LogP contribution in [0.15, 0.2) is 103 Å². The standard InChI is InChI=1S/C22H17O2P/c23-22-21(16-17-24-22)25(18-10-4-1-5-11-18,19-12-6-2-7-13-19)20-14-8-3-9-15-20/h1-17H. The topological polar surface area (TPSA) is 26.3 Å². The summed E-state index contributed by atoms with van der Waals surface area (Å²) in [5, 5.41) is 4.17. The smallest absolute Gasteiger partial charge is 0.344 e. The Morgan fingerprint density at radius 3 is 1.32 bits per heavy atom. The second-order valence-corrected chi connectivity index (χ2v) is 9.14. The monoisotopic (exact) mass is 344 g/mol. The number of benzene rings is 3. The van der Waals surface area contributed by atoms with Crippen molar-refractivity contribution in [1.82, 2.24) is 0 Å². The van der Waals surface area contributed by atoms with Gasteiger partial charge < -0.3 is 4.74 Å². The Bertz CT molecular complexity index is 871. The van der Waals surface area contributed by atoms with Gasteiger partial charge in [0.1, 0.15) is 0 Å². The largest absolute Gasteiger partial charge is 0.431 e. The minimum absolute atomic E-state index is 0.259. The van der Waals surface area contributed by atoms with E-state index in [9.17, 15) is 4.79 Å². The van der Waals surface area contributed by atoms with Gasteiger partial charge in [-0.3, -0.25) is 0 Å². The van der Waals surface area contributed by atoms with E-state index in [1.807, 2.05) is 60.7 Å². The summed E-state index contributed by atoms with van der Waals surface area (Å²) in [5.41, 5.74) is 0. The van der Waals surface area contributed by atoms with Gasteiger partial charge in [-0.05, 0) is 28.9 Å². The number of hydrogen-bond acceptors (Lipinski definition) is 2. The van der Waals surface area contributed by atoms with Crippen molar-refractivity contribution in [2.24, 2.45) is 0 Å². The third-order valence-corrected chi connectivity index (χ3v) is 8.67. The number of ether oxygens (including phenoxy) is 1. The molecule has 0 N–H and O–H groups in total. The molecule has 1 aliphatic rings. The molecular formula is C22H17O2P. The number of carbonyl (C=O) groups excluding carboxylic acids is 1. The molecular weight excluding hydrogens is 327 g/mol. The van der Waals surface area contributed by atoms with E-state index in [-0.39, 0.29) is 5.97 Å². The Balaban J connectivity index is 2.22. The molecule has 0 bridgehead atoms. The molecule has 1 heterocycles. The van der Waals surface area contributed by atoms with Crippen LogP contribution >= 0.6 is 6.89 Å². The summed E-state index contributed by atoms with van der Waals surface area (Å²) in [4.78, 5) is 12.6. The van der Waals surface area contributed by atoms with Crippen molar-refractivity contribution in [3.05, 3.63) is 103 Å². The lowest BCUT2D eigenvalue weighted by atomic mass is 10.3. The lowest BCUT2D eigenvalue weighted by Crippen LogP contribution is -2.31. The molecule has 0 unspecified atom stereocenters. The fourth-order valence-electron chi connectivity index (χ4n) is 3.36. The van der Waals surface area contributed by atoms with Crippen molar-refractivity contribution >= 4 is 34.1 Å². The van der Waals surface area contributed by atoms with Crippen LogP contribution in [0.3, 0.4) is 0 Å². The summed E-state index contributed by atoms with van der Waals surface area (Å²) in [6.07, 6.45) is 3.34. The molecule has 122 valence electrons. The maximum absolute atomic E-state index is 12.6. The van der Waals surface area contributed by atoms with Gasteiger partial charge in [0, 0.05) is 0 Å². The summed E-state index contributed by atoms with van der Waals surface area (Å²) in [7, 11) is 0. The Morgan fingerprint density at radius 1 is 0.600 bits per heavy atom. The molecule has 0 aromatic heterocycles. The highest BCUT2D eigenvalue weighted by Gasteiger charge is 2.34. The van der Waals surface area contributed by atoms with E-state index in [4.69, 9.17) is 4.74 Å². The number of rotatable bonds is 3. The zero-order valence-corrected chi connectivity index (χ0v) is 14.5. The molecule has 25 heavy (non-hydrogen) atoms. The first kappa shape index (κ1) is 15.7. The molecule has 3 aromatic carbocycles. The fourth-order valence-corrected chi connectivity index (χ4v) is 7.55. The summed E-state index contributed by atoms with van der Waals surface area (Å²) < 4.78 is 5.21. The SMILES string of the molecule is O=C1OC=CC1=P(c1ccccc1)(c1ccccc1)c1ccccc1. The van der Waals surface area contributed by atoms with Crippen LogP contribution in [0.4, 0.5) is 0 Å². The fraction of sp³-hybridized carbons (Fsp3) is 0. The summed E-state index contributed by atoms with van der Waals surface area (Å²) in [5.74, 6) is -0.259. The van der Waals surface area contributed by atoms with Crippen molar-refractivity contribution in [2.45, 2.75) is 0 Å². The van der Waals surface area contributed by atoms with E-state index in [0.717, 1.165) is 21.2 Å². The molecule has 2 nitrogen and oxygen atoms in total. The van der Waals surface area contributed by atoms with Crippen molar-refractivity contribution in [3.8, 4) is 0 Å². The first-order valence-electron chi connectivity index (χ1n) is 8.14. The molecule has 0 amide bonds. The van der Waals surface area contributed by atoms with Gasteiger partial charge in [-0.1, -0.05) is 91.0 Å². The summed E-state index contributed by atoms with van der Waals surface area (Å²) in [6, 6.07) is 30.8. The molecule has 3 heteroatoms. The highest BCUT2D eigenvalue weighted by molar-refractivity contribution is 7.96. The number of hydrogen-bond donors (Lipinski definition) is 0. The molecule has 4 rings (SSSR count). The Labute approximate surface area is 147 Å². The first-order chi connectivity index (χ1) is 12.3. The van der Waals surface area contributed by atoms with Crippen LogP contribution in [-0.4, -0.2) is 11.3 Å². The molecule has 0 radical (unpaired) electrons. The van der Waals surface area contributed by atoms with Gasteiger partial charge in [-0.15, -0.1) is 0 Å². The van der Waals surface area contributed by atoms with E-state index in [1.54, 1.807) is 0 Å². The quantitative estimate of drug-likeness (QED) is 0.539. The lowest BCUT2D eigenvalue weighted by molar-refractivity contribution is -0.129. The minimum Gasteiger partial charge on any atom is -0.431 e. The predicted octanol–water partition coefficient (Wildman–Crippen LogP) is 3.22. The molecule has 0 aliphatic carbocycles. The number of cyclic esters (lactones) is 1. The second kappa shape index (κ2) is 6.58. The van der Waals surface area contributed by atoms with E-state index < -0.39 is 6.89 Å². The van der Waals surface area contributed by atoms with Gasteiger partial charge in [0.2, 0.25) is 0 Å². The molecule has 0 atom stereocenters. The molecule has 1 aliphatic heterocycles. The average molecular weight is 344 g/mol. The average Bonchev–Trinajstić information content (AvgIpc) is 3.12. The predicted molar refractivity (Wildman–Crippen MR) is 105 cm³/mol.